The second-order valence-electron chi connectivity index (χ2n) is 7.61. The Bertz CT molecular complexity index is 1120. The van der Waals surface area contributed by atoms with Crippen LogP contribution < -0.4 is 9.47 Å². The van der Waals surface area contributed by atoms with Crippen LogP contribution in [0.15, 0.2) is 72.8 Å². The zero-order valence-electron chi connectivity index (χ0n) is 17.5. The molecule has 32 heavy (non-hydrogen) atoms. The number of para-hydroxylation sites is 1. The first kappa shape index (κ1) is 22.3. The molecule has 0 radical (unpaired) electrons. The highest BCUT2D eigenvalue weighted by atomic mass is 35.5. The van der Waals surface area contributed by atoms with E-state index in [0.717, 1.165) is 16.9 Å². The zero-order chi connectivity index (χ0) is 22.5. The third-order valence-corrected chi connectivity index (χ3v) is 5.58. The van der Waals surface area contributed by atoms with Gasteiger partial charge in [-0.2, -0.15) is 0 Å². The normalized spacial score (nSPS) is 14.3. The van der Waals surface area contributed by atoms with E-state index in [0.29, 0.717) is 40.1 Å². The van der Waals surface area contributed by atoms with Crippen molar-refractivity contribution in [3.63, 3.8) is 0 Å². The summed E-state index contributed by atoms with van der Waals surface area (Å²) in [5.74, 6) is 1.16. The van der Waals surface area contributed by atoms with Gasteiger partial charge in [-0.15, -0.1) is 0 Å². The van der Waals surface area contributed by atoms with Gasteiger partial charge in [-0.05, 0) is 48.0 Å². The molecule has 0 aliphatic carbocycles. The Labute approximate surface area is 197 Å². The van der Waals surface area contributed by atoms with E-state index in [1.54, 1.807) is 24.3 Å². The Morgan fingerprint density at radius 2 is 1.50 bits per heavy atom. The van der Waals surface area contributed by atoms with Gasteiger partial charge in [-0.3, -0.25) is 0 Å². The van der Waals surface area contributed by atoms with E-state index in [1.807, 2.05) is 55.5 Å². The number of carbonyl (C=O) groups excluding carboxylic acids is 1. The Hall–Kier alpha value is -2.95. The van der Waals surface area contributed by atoms with Gasteiger partial charge in [0, 0.05) is 27.1 Å². The number of cyclic esters (lactones) is 1. The van der Waals surface area contributed by atoms with Crippen LogP contribution in [0, 0.1) is 5.92 Å². The SMILES string of the molecule is CC(COc1ccc(Cl)cc1)COc1ccccc1C1=C(c2ccc(Cl)cc2)COC1=O. The highest BCUT2D eigenvalue weighted by molar-refractivity contribution is 6.31. The van der Waals surface area contributed by atoms with Crippen molar-refractivity contribution in [3.8, 4) is 11.5 Å². The summed E-state index contributed by atoms with van der Waals surface area (Å²) in [5, 5.41) is 1.31. The Balaban J connectivity index is 1.49. The largest absolute Gasteiger partial charge is 0.493 e. The second-order valence-corrected chi connectivity index (χ2v) is 8.49. The lowest BCUT2D eigenvalue weighted by atomic mass is 9.96. The lowest BCUT2D eigenvalue weighted by Gasteiger charge is -2.17. The number of rotatable bonds is 8. The van der Waals surface area contributed by atoms with E-state index in [4.69, 9.17) is 37.4 Å². The lowest BCUT2D eigenvalue weighted by Crippen LogP contribution is -2.17. The molecule has 1 aliphatic rings. The Morgan fingerprint density at radius 1 is 0.875 bits per heavy atom. The number of carbonyl (C=O) groups is 1. The fraction of sp³-hybridized carbons (Fsp3) is 0.192. The molecule has 0 saturated heterocycles. The maximum atomic E-state index is 12.6. The molecule has 164 valence electrons. The average molecular weight is 469 g/mol. The minimum Gasteiger partial charge on any atom is -0.493 e. The maximum absolute atomic E-state index is 12.6. The predicted molar refractivity (Wildman–Crippen MR) is 127 cm³/mol. The van der Waals surface area contributed by atoms with Crippen molar-refractivity contribution in [2.75, 3.05) is 19.8 Å². The zero-order valence-corrected chi connectivity index (χ0v) is 19.0. The van der Waals surface area contributed by atoms with Gasteiger partial charge in [-0.25, -0.2) is 4.79 Å². The van der Waals surface area contributed by atoms with Crippen LogP contribution >= 0.6 is 23.2 Å². The molecule has 1 unspecified atom stereocenters. The van der Waals surface area contributed by atoms with Gasteiger partial charge in [-0.1, -0.05) is 60.5 Å². The molecule has 3 aromatic carbocycles. The molecule has 0 spiro atoms. The van der Waals surface area contributed by atoms with E-state index in [-0.39, 0.29) is 18.5 Å². The smallest absolute Gasteiger partial charge is 0.339 e. The molecular weight excluding hydrogens is 447 g/mol. The van der Waals surface area contributed by atoms with Gasteiger partial charge in [0.2, 0.25) is 0 Å². The summed E-state index contributed by atoms with van der Waals surface area (Å²) in [7, 11) is 0. The number of hydrogen-bond donors (Lipinski definition) is 0. The third kappa shape index (κ3) is 5.26. The van der Waals surface area contributed by atoms with Crippen molar-refractivity contribution >= 4 is 40.3 Å². The van der Waals surface area contributed by atoms with Gasteiger partial charge in [0.05, 0.1) is 18.8 Å². The van der Waals surface area contributed by atoms with Crippen LogP contribution in [0.25, 0.3) is 11.1 Å². The summed E-state index contributed by atoms with van der Waals surface area (Å²) in [6, 6.07) is 22.1. The highest BCUT2D eigenvalue weighted by Gasteiger charge is 2.29. The van der Waals surface area contributed by atoms with Crippen molar-refractivity contribution in [1.29, 1.82) is 0 Å². The van der Waals surface area contributed by atoms with Gasteiger partial charge in [0.15, 0.2) is 0 Å². The van der Waals surface area contributed by atoms with Crippen molar-refractivity contribution < 1.29 is 19.0 Å². The number of hydrogen-bond acceptors (Lipinski definition) is 4. The molecule has 0 N–H and O–H groups in total. The standard InChI is InChI=1S/C26H22Cl2O4/c1-17(14-30-21-12-10-20(28)11-13-21)15-31-24-5-3-2-4-22(24)25-23(16-32-26(25)29)18-6-8-19(27)9-7-18/h2-13,17H,14-16H2,1H3. The van der Waals surface area contributed by atoms with E-state index in [1.165, 1.54) is 0 Å². The van der Waals surface area contributed by atoms with Crippen LogP contribution in [-0.2, 0) is 9.53 Å². The summed E-state index contributed by atoms with van der Waals surface area (Å²) < 4.78 is 17.3. The monoisotopic (exact) mass is 468 g/mol. The van der Waals surface area contributed by atoms with Crippen LogP contribution in [0.5, 0.6) is 11.5 Å². The summed E-state index contributed by atoms with van der Waals surface area (Å²) in [6.07, 6.45) is 0. The molecule has 3 aromatic rings. The van der Waals surface area contributed by atoms with Crippen LogP contribution in [0.3, 0.4) is 0 Å². The van der Waals surface area contributed by atoms with Gasteiger partial charge < -0.3 is 14.2 Å². The molecule has 6 heteroatoms. The first-order valence-corrected chi connectivity index (χ1v) is 11.0. The molecule has 1 atom stereocenters. The fourth-order valence-corrected chi connectivity index (χ4v) is 3.66. The first-order valence-electron chi connectivity index (χ1n) is 10.3. The van der Waals surface area contributed by atoms with Crippen LogP contribution in [0.4, 0.5) is 0 Å². The number of benzene rings is 3. The molecule has 4 rings (SSSR count). The molecule has 1 heterocycles. The average Bonchev–Trinajstić information content (AvgIpc) is 3.19. The number of esters is 1. The molecule has 0 saturated carbocycles. The fourth-order valence-electron chi connectivity index (χ4n) is 3.41. The van der Waals surface area contributed by atoms with Crippen molar-refractivity contribution in [1.82, 2.24) is 0 Å². The van der Waals surface area contributed by atoms with Crippen LogP contribution in [-0.4, -0.2) is 25.8 Å². The molecule has 0 bridgehead atoms. The van der Waals surface area contributed by atoms with E-state index in [2.05, 4.69) is 0 Å². The van der Waals surface area contributed by atoms with Crippen molar-refractivity contribution in [2.45, 2.75) is 6.92 Å². The van der Waals surface area contributed by atoms with Gasteiger partial charge in [0.25, 0.3) is 0 Å². The summed E-state index contributed by atoms with van der Waals surface area (Å²) in [6.45, 7) is 3.18. The van der Waals surface area contributed by atoms with Crippen LogP contribution in [0.1, 0.15) is 18.1 Å². The summed E-state index contributed by atoms with van der Waals surface area (Å²) in [5.41, 5.74) is 2.95. The molecule has 0 amide bonds. The molecule has 0 aromatic heterocycles. The molecule has 4 nitrogen and oxygen atoms in total. The van der Waals surface area contributed by atoms with Crippen molar-refractivity contribution in [3.05, 3.63) is 94.0 Å². The van der Waals surface area contributed by atoms with Gasteiger partial charge >= 0.3 is 5.97 Å². The van der Waals surface area contributed by atoms with E-state index >= 15 is 0 Å². The molecule has 1 aliphatic heterocycles. The number of ether oxygens (including phenoxy) is 3. The minimum absolute atomic E-state index is 0.124. The van der Waals surface area contributed by atoms with E-state index < -0.39 is 0 Å². The van der Waals surface area contributed by atoms with Crippen molar-refractivity contribution in [2.24, 2.45) is 5.92 Å². The second kappa shape index (κ2) is 10.1. The van der Waals surface area contributed by atoms with Gasteiger partial charge in [0.1, 0.15) is 18.1 Å². The summed E-state index contributed by atoms with van der Waals surface area (Å²) >= 11 is 11.9. The third-order valence-electron chi connectivity index (χ3n) is 5.07. The maximum Gasteiger partial charge on any atom is 0.339 e. The topological polar surface area (TPSA) is 44.8 Å². The lowest BCUT2D eigenvalue weighted by molar-refractivity contribution is -0.133. The highest BCUT2D eigenvalue weighted by Crippen LogP contribution is 2.37. The molecule has 0 fully saturated rings. The van der Waals surface area contributed by atoms with E-state index in [9.17, 15) is 4.79 Å². The molecular formula is C26H22Cl2O4. The first-order chi connectivity index (χ1) is 15.5. The predicted octanol–water partition coefficient (Wildman–Crippen LogP) is 6.55. The minimum atomic E-state index is -0.356. The van der Waals surface area contributed by atoms with Crippen LogP contribution in [0.2, 0.25) is 10.0 Å². The summed E-state index contributed by atoms with van der Waals surface area (Å²) in [4.78, 5) is 12.6. The Kier molecular flexibility index (Phi) is 7.03. The number of halogens is 2. The quantitative estimate of drug-likeness (QED) is 0.351. The Morgan fingerprint density at radius 3 is 2.22 bits per heavy atom.